The highest BCUT2D eigenvalue weighted by Gasteiger charge is 2.30. The van der Waals surface area contributed by atoms with Crippen LogP contribution in [0.25, 0.3) is 0 Å². The number of aromatic hydroxyl groups is 2. The van der Waals surface area contributed by atoms with Crippen LogP contribution in [0.5, 0.6) is 11.8 Å². The topological polar surface area (TPSA) is 207 Å². The van der Waals surface area contributed by atoms with Gasteiger partial charge in [-0.25, -0.2) is 19.4 Å². The summed E-state index contributed by atoms with van der Waals surface area (Å²) in [7, 11) is 6.06. The zero-order valence-corrected chi connectivity index (χ0v) is 27.7. The molecule has 18 heteroatoms. The van der Waals surface area contributed by atoms with E-state index in [4.69, 9.17) is 18.4 Å². The molecular weight excluding hydrogens is 658 g/mol. The van der Waals surface area contributed by atoms with Gasteiger partial charge in [0.05, 0.1) is 6.42 Å². The van der Waals surface area contributed by atoms with Crippen molar-refractivity contribution >= 4 is 45.5 Å². The zero-order valence-electron chi connectivity index (χ0n) is 26.1. The van der Waals surface area contributed by atoms with Crippen molar-refractivity contribution in [2.24, 2.45) is 0 Å². The lowest BCUT2D eigenvalue weighted by molar-refractivity contribution is -0.150. The van der Waals surface area contributed by atoms with Crippen molar-refractivity contribution in [2.75, 3.05) is 32.9 Å². The second-order valence-electron chi connectivity index (χ2n) is 10.1. The number of aryl methyl sites for hydroxylation is 1. The van der Waals surface area contributed by atoms with E-state index in [0.29, 0.717) is 11.2 Å². The standard InChI is InChI=1S/C29H37N5O11S2/c1-19-21(44-29(41)43-19)18-42-28(40)32(2)15-14-31-27(39)20(17-26(38)45-34-24(36)11-12-25(34)37)33(3)23(35)10-5-4-8-16-46-47-22-9-6-7-13-30-22/h6-7,9,11-13,20,36-37H,4-5,8,10,14-18H2,1-3H3,(H,31,39). The second-order valence-corrected chi connectivity index (χ2v) is 12.6. The van der Waals surface area contributed by atoms with Crippen LogP contribution in [0.2, 0.25) is 0 Å². The number of aromatic nitrogens is 2. The van der Waals surface area contributed by atoms with Crippen molar-refractivity contribution in [2.45, 2.75) is 56.7 Å². The Bertz CT molecular complexity index is 1520. The molecule has 1 atom stereocenters. The largest absolute Gasteiger partial charge is 0.519 e. The quantitative estimate of drug-likeness (QED) is 0.129. The summed E-state index contributed by atoms with van der Waals surface area (Å²) < 4.78 is 15.1. The van der Waals surface area contributed by atoms with Gasteiger partial charge < -0.3 is 43.7 Å². The molecule has 3 amide bonds. The molecule has 1 unspecified atom stereocenters. The van der Waals surface area contributed by atoms with Crippen LogP contribution < -0.4 is 16.0 Å². The zero-order chi connectivity index (χ0) is 34.3. The molecule has 0 saturated carbocycles. The van der Waals surface area contributed by atoms with Crippen molar-refractivity contribution in [3.05, 3.63) is 58.7 Å². The van der Waals surface area contributed by atoms with Gasteiger partial charge in [0.25, 0.3) is 0 Å². The highest BCUT2D eigenvalue weighted by molar-refractivity contribution is 8.76. The third-order valence-electron chi connectivity index (χ3n) is 6.64. The lowest BCUT2D eigenvalue weighted by atomic mass is 10.1. The molecule has 0 bridgehead atoms. The maximum absolute atomic E-state index is 13.2. The summed E-state index contributed by atoms with van der Waals surface area (Å²) in [6, 6.07) is 6.61. The van der Waals surface area contributed by atoms with Gasteiger partial charge in [-0.2, -0.15) is 0 Å². The Morgan fingerprint density at radius 1 is 1.06 bits per heavy atom. The lowest BCUT2D eigenvalue weighted by Gasteiger charge is -2.27. The molecule has 0 aliphatic heterocycles. The molecule has 3 rings (SSSR count). The van der Waals surface area contributed by atoms with E-state index in [2.05, 4.69) is 10.3 Å². The molecule has 0 saturated heterocycles. The van der Waals surface area contributed by atoms with E-state index in [9.17, 15) is 34.2 Å². The van der Waals surface area contributed by atoms with Gasteiger partial charge in [0.2, 0.25) is 23.6 Å². The number of likely N-dealkylation sites (N-methyl/N-ethyl adjacent to an activating group) is 2. The fraction of sp³-hybridized carbons (Fsp3) is 0.448. The summed E-state index contributed by atoms with van der Waals surface area (Å²) in [5.41, 5.74) is 0. The van der Waals surface area contributed by atoms with Crippen LogP contribution >= 0.6 is 21.6 Å². The molecule has 3 aromatic heterocycles. The fourth-order valence-corrected chi connectivity index (χ4v) is 5.99. The average Bonchev–Trinajstić information content (AvgIpc) is 3.55. The first-order valence-electron chi connectivity index (χ1n) is 14.5. The highest BCUT2D eigenvalue weighted by atomic mass is 33.1. The fourth-order valence-electron chi connectivity index (χ4n) is 3.96. The smallest absolute Gasteiger partial charge is 0.492 e. The van der Waals surface area contributed by atoms with Gasteiger partial charge in [0, 0.05) is 57.7 Å². The van der Waals surface area contributed by atoms with Crippen molar-refractivity contribution in [3.63, 3.8) is 0 Å². The normalized spacial score (nSPS) is 11.5. The number of nitrogens with zero attached hydrogens (tertiary/aromatic N) is 4. The maximum atomic E-state index is 13.2. The van der Waals surface area contributed by atoms with Crippen molar-refractivity contribution in [1.29, 1.82) is 0 Å². The Hall–Kier alpha value is -4.58. The highest BCUT2D eigenvalue weighted by Crippen LogP contribution is 2.29. The Balaban J connectivity index is 1.50. The van der Waals surface area contributed by atoms with Crippen LogP contribution in [0.15, 0.2) is 55.2 Å². The van der Waals surface area contributed by atoms with Crippen molar-refractivity contribution in [1.82, 2.24) is 24.8 Å². The molecule has 0 aliphatic carbocycles. The van der Waals surface area contributed by atoms with Gasteiger partial charge in [0.15, 0.2) is 18.1 Å². The van der Waals surface area contributed by atoms with E-state index in [1.807, 2.05) is 18.2 Å². The summed E-state index contributed by atoms with van der Waals surface area (Å²) in [5, 5.41) is 23.1. The minimum absolute atomic E-state index is 0.00450. The Labute approximate surface area is 277 Å². The second kappa shape index (κ2) is 18.5. The molecule has 256 valence electrons. The van der Waals surface area contributed by atoms with E-state index in [1.54, 1.807) is 27.8 Å². The molecular formula is C29H37N5O11S2. The lowest BCUT2D eigenvalue weighted by Crippen LogP contribution is -2.50. The molecule has 0 spiro atoms. The van der Waals surface area contributed by atoms with Crippen LogP contribution in [0, 0.1) is 6.92 Å². The van der Waals surface area contributed by atoms with Gasteiger partial charge in [0.1, 0.15) is 11.1 Å². The van der Waals surface area contributed by atoms with E-state index in [-0.39, 0.29) is 43.5 Å². The minimum Gasteiger partial charge on any atom is -0.492 e. The number of amides is 3. The Morgan fingerprint density at radius 2 is 1.81 bits per heavy atom. The van der Waals surface area contributed by atoms with E-state index < -0.39 is 48.0 Å². The number of hydrogen-bond donors (Lipinski definition) is 3. The molecule has 0 aliphatic rings. The minimum atomic E-state index is -1.30. The van der Waals surface area contributed by atoms with Gasteiger partial charge in [-0.3, -0.25) is 9.59 Å². The van der Waals surface area contributed by atoms with Gasteiger partial charge in [-0.1, -0.05) is 23.3 Å². The van der Waals surface area contributed by atoms with Crippen LogP contribution in [0.1, 0.15) is 43.6 Å². The molecule has 0 fully saturated rings. The Morgan fingerprint density at radius 3 is 2.47 bits per heavy atom. The number of pyridine rings is 1. The van der Waals surface area contributed by atoms with Crippen LogP contribution in [-0.4, -0.2) is 92.6 Å². The monoisotopic (exact) mass is 695 g/mol. The molecule has 3 N–H and O–H groups in total. The molecule has 3 heterocycles. The summed E-state index contributed by atoms with van der Waals surface area (Å²) in [5.74, 6) is -2.97. The first-order chi connectivity index (χ1) is 22.5. The third-order valence-corrected chi connectivity index (χ3v) is 8.99. The molecule has 47 heavy (non-hydrogen) atoms. The van der Waals surface area contributed by atoms with Gasteiger partial charge >= 0.3 is 17.9 Å². The molecule has 0 radical (unpaired) electrons. The number of carbonyl (C=O) groups excluding carboxylic acids is 4. The van der Waals surface area contributed by atoms with Gasteiger partial charge in [-0.15, -0.1) is 4.73 Å². The van der Waals surface area contributed by atoms with Crippen molar-refractivity contribution < 1.29 is 47.8 Å². The van der Waals surface area contributed by atoms with Crippen LogP contribution in [0.4, 0.5) is 4.79 Å². The van der Waals surface area contributed by atoms with Crippen LogP contribution in [-0.2, 0) is 25.7 Å². The average molecular weight is 696 g/mol. The number of carbonyl (C=O) groups is 4. The molecule has 0 aromatic carbocycles. The summed E-state index contributed by atoms with van der Waals surface area (Å²) in [6.07, 6.45) is 2.71. The van der Waals surface area contributed by atoms with E-state index in [1.165, 1.54) is 21.0 Å². The number of rotatable bonds is 18. The van der Waals surface area contributed by atoms with E-state index >= 15 is 0 Å². The predicted molar refractivity (Wildman–Crippen MR) is 169 cm³/mol. The van der Waals surface area contributed by atoms with Crippen molar-refractivity contribution in [3.8, 4) is 11.8 Å². The first-order valence-corrected chi connectivity index (χ1v) is 16.8. The number of ether oxygens (including phenoxy) is 1. The number of hydrogen-bond acceptors (Lipinski definition) is 14. The van der Waals surface area contributed by atoms with Crippen LogP contribution in [0.3, 0.4) is 0 Å². The summed E-state index contributed by atoms with van der Waals surface area (Å²) in [6.45, 7) is 1.08. The number of unbranched alkanes of at least 4 members (excludes halogenated alkanes) is 2. The third kappa shape index (κ3) is 11.9. The molecule has 3 aromatic rings. The summed E-state index contributed by atoms with van der Waals surface area (Å²) in [4.78, 5) is 74.0. The predicted octanol–water partition coefficient (Wildman–Crippen LogP) is 2.71. The first kappa shape index (κ1) is 36.9. The summed E-state index contributed by atoms with van der Waals surface area (Å²) >= 11 is 0. The van der Waals surface area contributed by atoms with E-state index in [0.717, 1.165) is 45.6 Å². The maximum Gasteiger partial charge on any atom is 0.519 e. The Kier molecular flexibility index (Phi) is 14.5. The SMILES string of the molecule is Cc1oc(=O)oc1COC(=O)N(C)CCNC(=O)C(CC(=O)On1c(O)ccc1O)N(C)C(=O)CCCCCSSc1ccccn1. The van der Waals surface area contributed by atoms with Gasteiger partial charge in [-0.05, 0) is 42.7 Å². The number of nitrogens with one attached hydrogen (secondary N) is 1. The molecule has 16 nitrogen and oxygen atoms in total.